The Morgan fingerprint density at radius 1 is 1.07 bits per heavy atom. The van der Waals surface area contributed by atoms with Crippen molar-refractivity contribution >= 4 is 21.8 Å². The third-order valence-corrected chi connectivity index (χ3v) is 7.96. The molecule has 4 aliphatic carbocycles. The van der Waals surface area contributed by atoms with Gasteiger partial charge in [0, 0.05) is 11.1 Å². The quantitative estimate of drug-likeness (QED) is 0.519. The number of Topliss-reactive ketones (excluding diaryl/α,β-unsaturated/α-hetero) is 1. The van der Waals surface area contributed by atoms with Crippen LogP contribution in [0.2, 0.25) is 0 Å². The third kappa shape index (κ3) is 3.89. The minimum Gasteiger partial charge on any atom is -0.344 e. The van der Waals surface area contributed by atoms with E-state index in [1.165, 1.54) is 12.1 Å². The molecular formula is C21H25F2NO5S. The molecule has 1 aromatic carbocycles. The summed E-state index contributed by atoms with van der Waals surface area (Å²) in [4.78, 5) is 24.4. The molecule has 0 atom stereocenters. The number of carbonyl (C=O) groups excluding carboxylic acids is 2. The topological polar surface area (TPSA) is 89.5 Å². The van der Waals surface area contributed by atoms with Crippen LogP contribution in [0.15, 0.2) is 24.3 Å². The molecule has 1 aromatic rings. The van der Waals surface area contributed by atoms with Crippen LogP contribution in [0.5, 0.6) is 0 Å². The van der Waals surface area contributed by atoms with E-state index in [1.807, 2.05) is 0 Å². The first-order chi connectivity index (χ1) is 14.0. The zero-order valence-electron chi connectivity index (χ0n) is 16.7. The SMILES string of the molecule is Cc1ccc(C(=O)COS(=O)(=O)C(F)(F)C(=O)NC23C[C@H]4C[C@@H](C2)C[C@@H](C3)C4)cc1. The number of aryl methyl sites for hydroxylation is 1. The maximum absolute atomic E-state index is 14.5. The minimum absolute atomic E-state index is 0.136. The van der Waals surface area contributed by atoms with Gasteiger partial charge in [-0.1, -0.05) is 29.8 Å². The third-order valence-electron chi connectivity index (χ3n) is 6.71. The Labute approximate surface area is 174 Å². The van der Waals surface area contributed by atoms with Gasteiger partial charge in [-0.2, -0.15) is 17.2 Å². The fraction of sp³-hybridized carbons (Fsp3) is 0.619. The van der Waals surface area contributed by atoms with E-state index in [1.54, 1.807) is 19.1 Å². The van der Waals surface area contributed by atoms with Gasteiger partial charge in [0.05, 0.1) is 0 Å². The molecule has 4 fully saturated rings. The Bertz CT molecular complexity index is 923. The lowest BCUT2D eigenvalue weighted by atomic mass is 9.53. The molecule has 0 unspecified atom stereocenters. The number of nitrogens with one attached hydrogen (secondary N) is 1. The second-order valence-electron chi connectivity index (χ2n) is 9.17. The average Bonchev–Trinajstić information content (AvgIpc) is 2.65. The first kappa shape index (κ1) is 21.4. The maximum atomic E-state index is 14.5. The van der Waals surface area contributed by atoms with E-state index >= 15 is 0 Å². The molecule has 0 saturated heterocycles. The van der Waals surface area contributed by atoms with Crippen molar-refractivity contribution in [3.05, 3.63) is 35.4 Å². The van der Waals surface area contributed by atoms with Crippen LogP contribution in [0.1, 0.15) is 54.4 Å². The summed E-state index contributed by atoms with van der Waals surface area (Å²) in [5.41, 5.74) is 0.257. The Morgan fingerprint density at radius 2 is 1.57 bits per heavy atom. The molecule has 4 bridgehead atoms. The van der Waals surface area contributed by atoms with Gasteiger partial charge in [-0.25, -0.2) is 0 Å². The van der Waals surface area contributed by atoms with Crippen LogP contribution in [0.25, 0.3) is 0 Å². The molecule has 4 aliphatic rings. The molecule has 6 nitrogen and oxygen atoms in total. The highest BCUT2D eigenvalue weighted by Gasteiger charge is 2.58. The van der Waals surface area contributed by atoms with E-state index in [0.29, 0.717) is 37.0 Å². The highest BCUT2D eigenvalue weighted by atomic mass is 32.2. The fourth-order valence-corrected chi connectivity index (χ4v) is 6.41. The van der Waals surface area contributed by atoms with Gasteiger partial charge in [-0.05, 0) is 63.2 Å². The van der Waals surface area contributed by atoms with E-state index in [0.717, 1.165) is 24.8 Å². The summed E-state index contributed by atoms with van der Waals surface area (Å²) < 4.78 is 57.6. The molecule has 164 valence electrons. The minimum atomic E-state index is -5.62. The molecule has 9 heteroatoms. The highest BCUT2D eigenvalue weighted by Crippen LogP contribution is 2.55. The highest BCUT2D eigenvalue weighted by molar-refractivity contribution is 7.88. The van der Waals surface area contributed by atoms with Crippen molar-refractivity contribution < 1.29 is 31.0 Å². The zero-order valence-corrected chi connectivity index (χ0v) is 17.5. The lowest BCUT2D eigenvalue weighted by Crippen LogP contribution is -2.63. The number of ketones is 1. The standard InChI is InChI=1S/C21H25F2NO5S/c1-13-2-4-17(5-3-13)18(25)12-29-30(27,28)21(22,23)19(26)24-20-9-14-6-15(10-20)8-16(7-14)11-20/h2-5,14-16H,6-12H2,1H3,(H,24,26)/t14-,15+,16-,20?. The van der Waals surface area contributed by atoms with E-state index in [9.17, 15) is 26.8 Å². The van der Waals surface area contributed by atoms with Crippen LogP contribution in [0.3, 0.4) is 0 Å². The summed E-state index contributed by atoms with van der Waals surface area (Å²) in [5, 5.41) is -2.41. The van der Waals surface area contributed by atoms with E-state index < -0.39 is 39.2 Å². The van der Waals surface area contributed by atoms with Crippen molar-refractivity contribution in [3.8, 4) is 0 Å². The molecule has 30 heavy (non-hydrogen) atoms. The molecule has 0 aliphatic heterocycles. The molecule has 5 rings (SSSR count). The second kappa shape index (κ2) is 7.37. The van der Waals surface area contributed by atoms with E-state index in [-0.39, 0.29) is 5.56 Å². The Morgan fingerprint density at radius 3 is 2.07 bits per heavy atom. The lowest BCUT2D eigenvalue weighted by Gasteiger charge is -2.57. The number of hydrogen-bond acceptors (Lipinski definition) is 5. The van der Waals surface area contributed by atoms with Gasteiger partial charge in [0.25, 0.3) is 0 Å². The van der Waals surface area contributed by atoms with Crippen molar-refractivity contribution in [3.63, 3.8) is 0 Å². The summed E-state index contributed by atoms with van der Waals surface area (Å²) in [6.07, 6.45) is 4.96. The number of benzene rings is 1. The molecular weight excluding hydrogens is 416 g/mol. The van der Waals surface area contributed by atoms with Crippen LogP contribution in [-0.2, 0) is 19.1 Å². The number of rotatable bonds is 7. The van der Waals surface area contributed by atoms with Gasteiger partial charge >= 0.3 is 21.3 Å². The maximum Gasteiger partial charge on any atom is 0.446 e. The predicted octanol–water partition coefficient (Wildman–Crippen LogP) is 3.20. The van der Waals surface area contributed by atoms with E-state index in [4.69, 9.17) is 0 Å². The smallest absolute Gasteiger partial charge is 0.344 e. The van der Waals surface area contributed by atoms with Gasteiger partial charge in [-0.3, -0.25) is 13.8 Å². The zero-order chi connectivity index (χ0) is 21.7. The predicted molar refractivity (Wildman–Crippen MR) is 104 cm³/mol. The van der Waals surface area contributed by atoms with Crippen LogP contribution < -0.4 is 5.32 Å². The van der Waals surface area contributed by atoms with Crippen LogP contribution >= 0.6 is 0 Å². The van der Waals surface area contributed by atoms with Gasteiger partial charge in [0.1, 0.15) is 6.61 Å². The monoisotopic (exact) mass is 441 g/mol. The van der Waals surface area contributed by atoms with Gasteiger partial charge < -0.3 is 5.32 Å². The molecule has 0 radical (unpaired) electrons. The summed E-state index contributed by atoms with van der Waals surface area (Å²) in [6, 6.07) is 6.17. The number of halogens is 2. The van der Waals surface area contributed by atoms with Crippen molar-refractivity contribution in [2.75, 3.05) is 6.61 Å². The van der Waals surface area contributed by atoms with Gasteiger partial charge in [-0.15, -0.1) is 0 Å². The summed E-state index contributed by atoms with van der Waals surface area (Å²) in [5.74, 6) is -1.46. The largest absolute Gasteiger partial charge is 0.446 e. The molecule has 0 spiro atoms. The number of hydrogen-bond donors (Lipinski definition) is 1. The molecule has 0 aromatic heterocycles. The normalized spacial score (nSPS) is 30.3. The van der Waals surface area contributed by atoms with Crippen LogP contribution in [0.4, 0.5) is 8.78 Å². The number of amides is 1. The Hall–Kier alpha value is -1.87. The number of carbonyl (C=O) groups is 2. The first-order valence-corrected chi connectivity index (χ1v) is 11.6. The van der Waals surface area contributed by atoms with Gasteiger partial charge in [0.2, 0.25) is 0 Å². The van der Waals surface area contributed by atoms with Crippen molar-refractivity contribution in [2.45, 2.75) is 56.2 Å². The fourth-order valence-electron chi connectivity index (χ4n) is 5.72. The Kier molecular flexibility index (Phi) is 5.25. The van der Waals surface area contributed by atoms with Gasteiger partial charge in [0.15, 0.2) is 5.78 Å². The van der Waals surface area contributed by atoms with Crippen LogP contribution in [0, 0.1) is 24.7 Å². The summed E-state index contributed by atoms with van der Waals surface area (Å²) in [7, 11) is -5.62. The molecule has 4 saturated carbocycles. The Balaban J connectivity index is 1.42. The lowest BCUT2D eigenvalue weighted by molar-refractivity contribution is -0.142. The first-order valence-electron chi connectivity index (χ1n) is 10.2. The molecule has 1 N–H and O–H groups in total. The van der Waals surface area contributed by atoms with Crippen LogP contribution in [-0.4, -0.2) is 37.5 Å². The summed E-state index contributed by atoms with van der Waals surface area (Å²) >= 11 is 0. The number of alkyl halides is 2. The second-order valence-corrected chi connectivity index (χ2v) is 10.8. The molecule has 1 amide bonds. The van der Waals surface area contributed by atoms with E-state index in [2.05, 4.69) is 9.50 Å². The average molecular weight is 441 g/mol. The van der Waals surface area contributed by atoms with Crippen molar-refractivity contribution in [1.29, 1.82) is 0 Å². The van der Waals surface area contributed by atoms with Crippen molar-refractivity contribution in [2.24, 2.45) is 17.8 Å². The summed E-state index contributed by atoms with van der Waals surface area (Å²) in [6.45, 7) is 0.712. The molecule has 0 heterocycles. The van der Waals surface area contributed by atoms with Crippen molar-refractivity contribution in [1.82, 2.24) is 5.32 Å².